The third kappa shape index (κ3) is 10.6. The molecule has 0 amide bonds. The molecule has 8 heteroatoms. The zero-order chi connectivity index (χ0) is 64.9. The van der Waals surface area contributed by atoms with Gasteiger partial charge in [0.1, 0.15) is 11.2 Å². The Morgan fingerprint density at radius 2 is 0.520 bits per heavy atom. The standard InChI is InChI=1S/C90H57N7O/c1-8-27-58(28-9-1)68-51-69(59-29-10-2-11-30-59)54-72(53-68)89-93-85(62-35-16-5-17-36-62)91-87(95-89)66-41-24-39-64(49-66)75-46-26-47-77-81-82-79(76-45-22-23-48-80(76)97(82)74-43-20-7-21-44-74)57-78(84(81)98-83(75)77)65-40-25-42-67(50-65)88-92-86(63-37-18-6-19-38-63)94-90(96-88)73-55-70(60-31-12-3-13-32-60)52-71(56-73)61-33-14-4-15-34-61/h1-57H. The van der Waals surface area contributed by atoms with Crippen molar-refractivity contribution >= 4 is 43.7 Å². The fourth-order valence-corrected chi connectivity index (χ4v) is 13.8. The molecule has 0 radical (unpaired) electrons. The van der Waals surface area contributed by atoms with Gasteiger partial charge in [0.15, 0.2) is 34.9 Å². The number of rotatable bonds is 13. The van der Waals surface area contributed by atoms with Crippen LogP contribution in [0.5, 0.6) is 0 Å². The van der Waals surface area contributed by atoms with Gasteiger partial charge >= 0.3 is 0 Å². The predicted molar refractivity (Wildman–Crippen MR) is 400 cm³/mol. The summed E-state index contributed by atoms with van der Waals surface area (Å²) in [6.07, 6.45) is 0. The van der Waals surface area contributed by atoms with Crippen molar-refractivity contribution in [1.29, 1.82) is 0 Å². The molecule has 4 aromatic heterocycles. The molecule has 0 unspecified atom stereocenters. The highest BCUT2D eigenvalue weighted by Crippen LogP contribution is 2.48. The lowest BCUT2D eigenvalue weighted by molar-refractivity contribution is 0.671. The summed E-state index contributed by atoms with van der Waals surface area (Å²) in [5.41, 5.74) is 22.3. The van der Waals surface area contributed by atoms with Crippen molar-refractivity contribution in [1.82, 2.24) is 34.5 Å². The molecule has 98 heavy (non-hydrogen) atoms. The van der Waals surface area contributed by atoms with Gasteiger partial charge in [-0.25, -0.2) is 29.9 Å². The third-order valence-corrected chi connectivity index (χ3v) is 18.4. The second kappa shape index (κ2) is 24.6. The molecule has 0 aliphatic rings. The number of benzene rings is 14. The van der Waals surface area contributed by atoms with Crippen LogP contribution >= 0.6 is 0 Å². The zero-order valence-electron chi connectivity index (χ0n) is 52.9. The maximum absolute atomic E-state index is 7.61. The van der Waals surface area contributed by atoms with Crippen molar-refractivity contribution in [2.75, 3.05) is 0 Å². The van der Waals surface area contributed by atoms with Crippen LogP contribution in [-0.2, 0) is 0 Å². The van der Waals surface area contributed by atoms with Gasteiger partial charge in [-0.1, -0.05) is 273 Å². The van der Waals surface area contributed by atoms with Crippen molar-refractivity contribution in [2.45, 2.75) is 0 Å². The maximum atomic E-state index is 7.61. The van der Waals surface area contributed by atoms with Crippen LogP contribution in [0.4, 0.5) is 0 Å². The first kappa shape index (κ1) is 57.4. The molecule has 0 saturated carbocycles. The topological polar surface area (TPSA) is 95.4 Å². The van der Waals surface area contributed by atoms with E-state index in [0.717, 1.165) is 150 Å². The van der Waals surface area contributed by atoms with Crippen LogP contribution in [-0.4, -0.2) is 34.5 Å². The molecule has 0 fully saturated rings. The lowest BCUT2D eigenvalue weighted by Gasteiger charge is -2.13. The van der Waals surface area contributed by atoms with E-state index < -0.39 is 0 Å². The minimum atomic E-state index is 0.547. The van der Waals surface area contributed by atoms with Gasteiger partial charge in [-0.05, 0) is 128 Å². The van der Waals surface area contributed by atoms with Gasteiger partial charge in [0.2, 0.25) is 0 Å². The Morgan fingerprint density at radius 3 is 0.969 bits per heavy atom. The average Bonchev–Trinajstić information content (AvgIpc) is 1.54. The Morgan fingerprint density at radius 1 is 0.204 bits per heavy atom. The highest BCUT2D eigenvalue weighted by Gasteiger charge is 2.26. The lowest BCUT2D eigenvalue weighted by Crippen LogP contribution is -2.00. The SMILES string of the molecule is c1ccc(-c2cc(-c3ccccc3)cc(-c3nc(-c4ccccc4)nc(-c4cccc(-c5cccc6c5oc5c(-c7cccc(-c8nc(-c9ccccc9)nc(-c9cc(-c%10ccccc%10)cc(-c%10ccccc%10)c9)n8)c7)cc7c8ccccc8n(-c8ccccc8)c7c56)c4)n3)c2)cc1. The number of aromatic nitrogens is 7. The molecule has 4 heterocycles. The molecule has 18 aromatic rings. The van der Waals surface area contributed by atoms with Gasteiger partial charge in [0.05, 0.1) is 16.4 Å². The van der Waals surface area contributed by atoms with Crippen LogP contribution in [0.1, 0.15) is 0 Å². The highest BCUT2D eigenvalue weighted by atomic mass is 16.3. The fraction of sp³-hybridized carbons (Fsp3) is 0. The maximum Gasteiger partial charge on any atom is 0.164 e. The number of hydrogen-bond donors (Lipinski definition) is 0. The van der Waals surface area contributed by atoms with E-state index >= 15 is 0 Å². The molecule has 0 spiro atoms. The first-order valence-corrected chi connectivity index (χ1v) is 32.9. The monoisotopic (exact) mass is 1250 g/mol. The second-order valence-corrected chi connectivity index (χ2v) is 24.6. The molecular formula is C90H57N7O. The van der Waals surface area contributed by atoms with Gasteiger partial charge in [-0.2, -0.15) is 0 Å². The van der Waals surface area contributed by atoms with E-state index in [4.69, 9.17) is 34.3 Å². The molecule has 0 N–H and O–H groups in total. The Bertz CT molecular complexity index is 5910. The number of furan rings is 1. The van der Waals surface area contributed by atoms with E-state index in [-0.39, 0.29) is 0 Å². The van der Waals surface area contributed by atoms with Crippen LogP contribution < -0.4 is 0 Å². The van der Waals surface area contributed by atoms with Crippen LogP contribution in [0, 0.1) is 0 Å². The van der Waals surface area contributed by atoms with Gasteiger partial charge in [0, 0.05) is 66.4 Å². The van der Waals surface area contributed by atoms with Crippen molar-refractivity contribution in [3.8, 4) is 141 Å². The summed E-state index contributed by atoms with van der Waals surface area (Å²) in [4.78, 5) is 31.9. The summed E-state index contributed by atoms with van der Waals surface area (Å²) < 4.78 is 10.0. The van der Waals surface area contributed by atoms with E-state index in [0.29, 0.717) is 34.9 Å². The first-order valence-electron chi connectivity index (χ1n) is 32.9. The van der Waals surface area contributed by atoms with Crippen LogP contribution in [0.2, 0.25) is 0 Å². The minimum absolute atomic E-state index is 0.547. The molecule has 458 valence electrons. The Hall–Kier alpha value is -13.3. The molecule has 0 bridgehead atoms. The predicted octanol–water partition coefficient (Wildman–Crippen LogP) is 23.1. The average molecular weight is 1250 g/mol. The molecule has 0 aliphatic carbocycles. The molecule has 8 nitrogen and oxygen atoms in total. The number of nitrogens with zero attached hydrogens (tertiary/aromatic N) is 7. The fourth-order valence-electron chi connectivity index (χ4n) is 13.8. The van der Waals surface area contributed by atoms with Crippen molar-refractivity contribution in [2.24, 2.45) is 0 Å². The van der Waals surface area contributed by atoms with E-state index in [1.165, 1.54) is 0 Å². The van der Waals surface area contributed by atoms with Crippen LogP contribution in [0.3, 0.4) is 0 Å². The summed E-state index contributed by atoms with van der Waals surface area (Å²) in [6.45, 7) is 0. The van der Waals surface area contributed by atoms with Crippen molar-refractivity contribution < 1.29 is 4.42 Å². The summed E-state index contributed by atoms with van der Waals surface area (Å²) >= 11 is 0. The quantitative estimate of drug-likeness (QED) is 0.113. The first-order chi connectivity index (χ1) is 48.5. The van der Waals surface area contributed by atoms with E-state index in [1.54, 1.807) is 0 Å². The Kier molecular flexibility index (Phi) is 14.4. The van der Waals surface area contributed by atoms with Crippen molar-refractivity contribution in [3.05, 3.63) is 346 Å². The third-order valence-electron chi connectivity index (χ3n) is 18.4. The van der Waals surface area contributed by atoms with E-state index in [2.05, 4.69) is 290 Å². The van der Waals surface area contributed by atoms with Gasteiger partial charge < -0.3 is 8.98 Å². The summed E-state index contributed by atoms with van der Waals surface area (Å²) in [5.74, 6) is 3.39. The van der Waals surface area contributed by atoms with E-state index in [1.807, 2.05) is 60.7 Å². The number of fused-ring (bicyclic) bond motifs is 7. The highest BCUT2D eigenvalue weighted by molar-refractivity contribution is 6.28. The molecule has 0 aliphatic heterocycles. The molecular weight excluding hydrogens is 1200 g/mol. The molecule has 18 rings (SSSR count). The minimum Gasteiger partial charge on any atom is -0.455 e. The van der Waals surface area contributed by atoms with E-state index in [9.17, 15) is 0 Å². The number of para-hydroxylation sites is 3. The van der Waals surface area contributed by atoms with Crippen LogP contribution in [0.15, 0.2) is 350 Å². The lowest BCUT2D eigenvalue weighted by atomic mass is 9.95. The summed E-state index contributed by atoms with van der Waals surface area (Å²) in [6, 6.07) is 121. The number of hydrogen-bond acceptors (Lipinski definition) is 7. The zero-order valence-corrected chi connectivity index (χ0v) is 52.9. The van der Waals surface area contributed by atoms with Gasteiger partial charge in [-0.3, -0.25) is 0 Å². The Balaban J connectivity index is 0.822. The molecule has 0 saturated heterocycles. The smallest absolute Gasteiger partial charge is 0.164 e. The molecule has 14 aromatic carbocycles. The van der Waals surface area contributed by atoms with Gasteiger partial charge in [-0.15, -0.1) is 0 Å². The molecule has 0 atom stereocenters. The summed E-state index contributed by atoms with van der Waals surface area (Å²) in [7, 11) is 0. The second-order valence-electron chi connectivity index (χ2n) is 24.6. The largest absolute Gasteiger partial charge is 0.455 e. The summed E-state index contributed by atoms with van der Waals surface area (Å²) in [5, 5.41) is 4.20. The van der Waals surface area contributed by atoms with Gasteiger partial charge in [0.25, 0.3) is 0 Å². The normalized spacial score (nSPS) is 11.5. The Labute approximate surface area is 565 Å². The van der Waals surface area contributed by atoms with Crippen molar-refractivity contribution in [3.63, 3.8) is 0 Å². The van der Waals surface area contributed by atoms with Crippen LogP contribution in [0.25, 0.3) is 185 Å².